The van der Waals surface area contributed by atoms with Gasteiger partial charge in [0.05, 0.1) is 12.5 Å². The van der Waals surface area contributed by atoms with Gasteiger partial charge in [0.25, 0.3) is 5.91 Å². The first-order valence-corrected chi connectivity index (χ1v) is 10.5. The van der Waals surface area contributed by atoms with Gasteiger partial charge in [-0.3, -0.25) is 4.79 Å². The van der Waals surface area contributed by atoms with Crippen molar-refractivity contribution in [1.29, 1.82) is 0 Å². The number of furan rings is 1. The van der Waals surface area contributed by atoms with Crippen molar-refractivity contribution in [3.8, 4) is 11.3 Å². The molecule has 4 rings (SSSR count). The fourth-order valence-corrected chi connectivity index (χ4v) is 3.48. The monoisotopic (exact) mass is 549 g/mol. The van der Waals surface area contributed by atoms with Crippen molar-refractivity contribution in [3.63, 3.8) is 0 Å². The van der Waals surface area contributed by atoms with Crippen molar-refractivity contribution in [2.45, 2.75) is 20.4 Å². The van der Waals surface area contributed by atoms with E-state index in [1.54, 1.807) is 23.2 Å². The van der Waals surface area contributed by atoms with E-state index < -0.39 is 0 Å². The van der Waals surface area contributed by atoms with Crippen molar-refractivity contribution >= 4 is 35.8 Å². The molecule has 9 heteroatoms. The van der Waals surface area contributed by atoms with Crippen LogP contribution in [0.4, 0.5) is 0 Å². The third-order valence-corrected chi connectivity index (χ3v) is 5.19. The predicted molar refractivity (Wildman–Crippen MR) is 133 cm³/mol. The van der Waals surface area contributed by atoms with E-state index >= 15 is 0 Å². The first kappa shape index (κ1) is 23.8. The lowest BCUT2D eigenvalue weighted by molar-refractivity contribution is 0.0657. The number of nitrogens with one attached hydrogen (secondary N) is 1. The number of aryl methyl sites for hydroxylation is 1. The highest BCUT2D eigenvalue weighted by molar-refractivity contribution is 14.0. The van der Waals surface area contributed by atoms with Gasteiger partial charge in [0.1, 0.15) is 6.54 Å². The summed E-state index contributed by atoms with van der Waals surface area (Å²) in [6, 6.07) is 11.6. The van der Waals surface area contributed by atoms with Gasteiger partial charge in [-0.2, -0.15) is 0 Å². The van der Waals surface area contributed by atoms with Crippen LogP contribution in [0.5, 0.6) is 0 Å². The Balaban J connectivity index is 0.00000289. The number of hydrogen-bond acceptors (Lipinski definition) is 5. The summed E-state index contributed by atoms with van der Waals surface area (Å²) in [6.07, 6.45) is 3.26. The van der Waals surface area contributed by atoms with Gasteiger partial charge >= 0.3 is 0 Å². The normalized spacial score (nSPS) is 14.2. The minimum Gasteiger partial charge on any atom is -0.459 e. The number of carbonyl (C=O) groups excluding carboxylic acids is 1. The summed E-state index contributed by atoms with van der Waals surface area (Å²) in [5.74, 6) is 2.40. The fraction of sp³-hybridized carbons (Fsp3) is 0.348. The van der Waals surface area contributed by atoms with E-state index in [9.17, 15) is 4.79 Å². The molecule has 1 aromatic carbocycles. The second kappa shape index (κ2) is 11.2. The third kappa shape index (κ3) is 5.70. The zero-order valence-electron chi connectivity index (χ0n) is 18.3. The smallest absolute Gasteiger partial charge is 0.289 e. The van der Waals surface area contributed by atoms with Gasteiger partial charge in [-0.15, -0.1) is 24.0 Å². The summed E-state index contributed by atoms with van der Waals surface area (Å²) < 4.78 is 11.1. The molecule has 1 aliphatic rings. The topological polar surface area (TPSA) is 87.1 Å². The zero-order valence-corrected chi connectivity index (χ0v) is 20.6. The van der Waals surface area contributed by atoms with Crippen molar-refractivity contribution in [2.24, 2.45) is 4.99 Å². The molecule has 32 heavy (non-hydrogen) atoms. The van der Waals surface area contributed by atoms with Gasteiger partial charge in [0.2, 0.25) is 5.89 Å². The Bertz CT molecular complexity index is 1020. The van der Waals surface area contributed by atoms with Crippen LogP contribution in [0.25, 0.3) is 11.3 Å². The molecule has 0 radical (unpaired) electrons. The number of piperazine rings is 1. The summed E-state index contributed by atoms with van der Waals surface area (Å²) >= 11 is 0. The fourth-order valence-electron chi connectivity index (χ4n) is 3.48. The molecule has 0 spiro atoms. The van der Waals surface area contributed by atoms with Gasteiger partial charge in [0, 0.05) is 38.3 Å². The molecular weight excluding hydrogens is 521 g/mol. The number of guanidine groups is 1. The number of carbonyl (C=O) groups is 1. The zero-order chi connectivity index (χ0) is 21.6. The number of oxazole rings is 1. The Morgan fingerprint density at radius 2 is 1.84 bits per heavy atom. The number of hydrogen-bond donors (Lipinski definition) is 1. The molecule has 0 aliphatic carbocycles. The number of benzene rings is 1. The number of rotatable bonds is 5. The van der Waals surface area contributed by atoms with Gasteiger partial charge < -0.3 is 24.0 Å². The molecule has 1 amide bonds. The van der Waals surface area contributed by atoms with Crippen molar-refractivity contribution in [3.05, 3.63) is 66.1 Å². The van der Waals surface area contributed by atoms with E-state index in [4.69, 9.17) is 13.8 Å². The van der Waals surface area contributed by atoms with Gasteiger partial charge in [-0.25, -0.2) is 9.98 Å². The van der Waals surface area contributed by atoms with Gasteiger partial charge in [-0.1, -0.05) is 29.8 Å². The lowest BCUT2D eigenvalue weighted by Gasteiger charge is -2.36. The van der Waals surface area contributed by atoms with Crippen LogP contribution >= 0.6 is 24.0 Å². The molecule has 1 fully saturated rings. The maximum Gasteiger partial charge on any atom is 0.289 e. The van der Waals surface area contributed by atoms with E-state index in [2.05, 4.69) is 34.3 Å². The number of amides is 1. The second-order valence-electron chi connectivity index (χ2n) is 7.41. The molecule has 3 aromatic rings. The predicted octanol–water partition coefficient (Wildman–Crippen LogP) is 3.78. The summed E-state index contributed by atoms with van der Waals surface area (Å²) in [5, 5.41) is 3.32. The maximum atomic E-state index is 12.5. The Kier molecular flexibility index (Phi) is 8.32. The largest absolute Gasteiger partial charge is 0.459 e. The van der Waals surface area contributed by atoms with Crippen LogP contribution in [-0.4, -0.2) is 59.4 Å². The quantitative estimate of drug-likeness (QED) is 0.296. The molecule has 0 unspecified atom stereocenters. The Hall–Kier alpha value is -2.82. The highest BCUT2D eigenvalue weighted by Gasteiger charge is 2.25. The number of halogens is 1. The van der Waals surface area contributed by atoms with E-state index in [0.29, 0.717) is 44.4 Å². The Morgan fingerprint density at radius 1 is 1.12 bits per heavy atom. The molecule has 2 aromatic heterocycles. The minimum atomic E-state index is -0.0741. The molecule has 0 saturated carbocycles. The van der Waals surface area contributed by atoms with Crippen LogP contribution in [0.3, 0.4) is 0 Å². The van der Waals surface area contributed by atoms with E-state index in [1.165, 1.54) is 11.8 Å². The van der Waals surface area contributed by atoms with Crippen LogP contribution in [-0.2, 0) is 6.54 Å². The Morgan fingerprint density at radius 3 is 2.50 bits per heavy atom. The van der Waals surface area contributed by atoms with E-state index in [1.807, 2.05) is 19.1 Å². The maximum absolute atomic E-state index is 12.5. The van der Waals surface area contributed by atoms with Crippen molar-refractivity contribution < 1.29 is 13.6 Å². The molecular formula is C23H28IN5O3. The minimum absolute atomic E-state index is 0. The van der Waals surface area contributed by atoms with Gasteiger partial charge in [-0.05, 0) is 26.0 Å². The molecule has 170 valence electrons. The van der Waals surface area contributed by atoms with E-state index in [0.717, 1.165) is 23.8 Å². The third-order valence-electron chi connectivity index (χ3n) is 5.19. The van der Waals surface area contributed by atoms with Crippen LogP contribution in [0.2, 0.25) is 0 Å². The Labute approximate surface area is 204 Å². The van der Waals surface area contributed by atoms with Crippen LogP contribution < -0.4 is 5.32 Å². The summed E-state index contributed by atoms with van der Waals surface area (Å²) in [6.45, 7) is 7.80. The molecule has 1 aliphatic heterocycles. The van der Waals surface area contributed by atoms with Gasteiger partial charge in [0.15, 0.2) is 17.5 Å². The van der Waals surface area contributed by atoms with E-state index in [-0.39, 0.29) is 29.9 Å². The van der Waals surface area contributed by atoms with Crippen molar-refractivity contribution in [1.82, 2.24) is 20.1 Å². The summed E-state index contributed by atoms with van der Waals surface area (Å²) in [4.78, 5) is 25.5. The summed E-state index contributed by atoms with van der Waals surface area (Å²) in [5.41, 5.74) is 2.20. The van der Waals surface area contributed by atoms with Crippen LogP contribution in [0.1, 0.15) is 28.9 Å². The highest BCUT2D eigenvalue weighted by atomic mass is 127. The van der Waals surface area contributed by atoms with Crippen LogP contribution in [0, 0.1) is 6.92 Å². The number of aromatic nitrogens is 1. The molecule has 3 heterocycles. The lowest BCUT2D eigenvalue weighted by atomic mass is 10.1. The second-order valence-corrected chi connectivity index (χ2v) is 7.41. The first-order chi connectivity index (χ1) is 15.1. The SMILES string of the molecule is CCNC(=NCc1ncc(-c2ccc(C)cc2)o1)N1CCN(C(=O)c2ccco2)CC1.I. The summed E-state index contributed by atoms with van der Waals surface area (Å²) in [7, 11) is 0. The standard InChI is InChI=1S/C23H27N5O3.HI/c1-3-24-23(28-12-10-27(11-13-28)22(29)19-5-4-14-30-19)26-16-21-25-15-20(31-21)18-8-6-17(2)7-9-18;/h4-9,14-15H,3,10-13,16H2,1-2H3,(H,24,26);1H. The average Bonchev–Trinajstić information content (AvgIpc) is 3.49. The van der Waals surface area contributed by atoms with Crippen LogP contribution in [0.15, 0.2) is 62.7 Å². The molecule has 0 atom stereocenters. The molecule has 8 nitrogen and oxygen atoms in total. The first-order valence-electron chi connectivity index (χ1n) is 10.5. The number of nitrogens with zero attached hydrogens (tertiary/aromatic N) is 4. The molecule has 0 bridgehead atoms. The highest BCUT2D eigenvalue weighted by Crippen LogP contribution is 2.21. The van der Waals surface area contributed by atoms with Crippen molar-refractivity contribution in [2.75, 3.05) is 32.7 Å². The average molecular weight is 549 g/mol. The molecule has 1 N–H and O–H groups in total. The molecule has 1 saturated heterocycles. The lowest BCUT2D eigenvalue weighted by Crippen LogP contribution is -2.53. The number of aliphatic imine (C=N–C) groups is 1.